The molecule has 1 aliphatic carbocycles. The van der Waals surface area contributed by atoms with Gasteiger partial charge < -0.3 is 10.1 Å². The number of hydrogen-bond acceptors (Lipinski definition) is 2. The Balaban J connectivity index is 2.05. The summed E-state index contributed by atoms with van der Waals surface area (Å²) in [5, 5.41) is 4.45. The maximum atomic E-state index is 6.18. The van der Waals surface area contributed by atoms with Crippen LogP contribution in [0.2, 0.25) is 5.02 Å². The maximum Gasteiger partial charge on any atom is 0.143 e. The van der Waals surface area contributed by atoms with E-state index in [2.05, 4.69) is 25.2 Å². The van der Waals surface area contributed by atoms with Crippen LogP contribution in [0.3, 0.4) is 0 Å². The molecule has 0 bridgehead atoms. The van der Waals surface area contributed by atoms with E-state index in [0.717, 1.165) is 33.9 Å². The van der Waals surface area contributed by atoms with Gasteiger partial charge in [-0.3, -0.25) is 0 Å². The number of methoxy groups -OCH3 is 1. The summed E-state index contributed by atoms with van der Waals surface area (Å²) in [4.78, 5) is 0. The van der Waals surface area contributed by atoms with Crippen molar-refractivity contribution in [2.75, 3.05) is 12.4 Å². The molecular weight excluding hydrogens is 282 g/mol. The third-order valence-corrected chi connectivity index (χ3v) is 4.84. The molecule has 3 heteroatoms. The number of halogens is 1. The van der Waals surface area contributed by atoms with Crippen LogP contribution in [0.15, 0.2) is 12.1 Å². The van der Waals surface area contributed by atoms with E-state index in [0.29, 0.717) is 6.04 Å². The highest BCUT2D eigenvalue weighted by molar-refractivity contribution is 6.31. The second-order valence-electron chi connectivity index (χ2n) is 6.81. The van der Waals surface area contributed by atoms with Crippen LogP contribution in [0.25, 0.3) is 0 Å². The monoisotopic (exact) mass is 309 g/mol. The lowest BCUT2D eigenvalue weighted by atomic mass is 9.81. The van der Waals surface area contributed by atoms with Crippen molar-refractivity contribution in [3.8, 4) is 5.75 Å². The fourth-order valence-electron chi connectivity index (χ4n) is 3.47. The SMILES string of the molecule is COc1cc(Cl)c(C)cc1NC1CCCC(CC(C)C)C1. The molecule has 0 spiro atoms. The Bertz CT molecular complexity index is 473. The van der Waals surface area contributed by atoms with Crippen LogP contribution < -0.4 is 10.1 Å². The molecule has 1 N–H and O–H groups in total. The van der Waals surface area contributed by atoms with Gasteiger partial charge in [-0.2, -0.15) is 0 Å². The molecule has 0 aliphatic heterocycles. The summed E-state index contributed by atoms with van der Waals surface area (Å²) in [6.45, 7) is 6.68. The van der Waals surface area contributed by atoms with Crippen LogP contribution in [0.4, 0.5) is 5.69 Å². The lowest BCUT2D eigenvalue weighted by molar-refractivity contribution is 0.288. The van der Waals surface area contributed by atoms with Crippen molar-refractivity contribution in [1.82, 2.24) is 0 Å². The molecule has 1 aromatic carbocycles. The van der Waals surface area contributed by atoms with E-state index in [1.165, 1.54) is 32.1 Å². The molecule has 2 rings (SSSR count). The van der Waals surface area contributed by atoms with Crippen LogP contribution in [0, 0.1) is 18.8 Å². The van der Waals surface area contributed by atoms with Crippen molar-refractivity contribution in [3.05, 3.63) is 22.7 Å². The minimum absolute atomic E-state index is 0.553. The smallest absolute Gasteiger partial charge is 0.143 e. The minimum atomic E-state index is 0.553. The molecular formula is C18H28ClNO. The molecule has 1 fully saturated rings. The highest BCUT2D eigenvalue weighted by Crippen LogP contribution is 2.35. The second-order valence-corrected chi connectivity index (χ2v) is 7.21. The molecule has 0 aromatic heterocycles. The van der Waals surface area contributed by atoms with Crippen LogP contribution in [0.5, 0.6) is 5.75 Å². The molecule has 1 aliphatic rings. The average molecular weight is 310 g/mol. The van der Waals surface area contributed by atoms with Crippen molar-refractivity contribution < 1.29 is 4.74 Å². The van der Waals surface area contributed by atoms with Crippen molar-refractivity contribution >= 4 is 17.3 Å². The Morgan fingerprint density at radius 2 is 2.10 bits per heavy atom. The number of ether oxygens (including phenoxy) is 1. The predicted octanol–water partition coefficient (Wildman–Crippen LogP) is 5.67. The maximum absolute atomic E-state index is 6.18. The molecule has 1 saturated carbocycles. The highest BCUT2D eigenvalue weighted by Gasteiger charge is 2.23. The number of benzene rings is 1. The molecule has 1 aromatic rings. The fraction of sp³-hybridized carbons (Fsp3) is 0.667. The van der Waals surface area contributed by atoms with Crippen molar-refractivity contribution in [3.63, 3.8) is 0 Å². The number of rotatable bonds is 5. The Kier molecular flexibility index (Phi) is 5.80. The molecule has 2 unspecified atom stereocenters. The first-order valence-corrected chi connectivity index (χ1v) is 8.48. The Labute approximate surface area is 134 Å². The molecule has 21 heavy (non-hydrogen) atoms. The Hall–Kier alpha value is -0.890. The van der Waals surface area contributed by atoms with E-state index in [1.807, 2.05) is 13.0 Å². The largest absolute Gasteiger partial charge is 0.495 e. The topological polar surface area (TPSA) is 21.3 Å². The number of hydrogen-bond donors (Lipinski definition) is 1. The van der Waals surface area contributed by atoms with Crippen LogP contribution >= 0.6 is 11.6 Å². The van der Waals surface area contributed by atoms with Gasteiger partial charge in [-0.25, -0.2) is 0 Å². The fourth-order valence-corrected chi connectivity index (χ4v) is 3.62. The number of aryl methyl sites for hydroxylation is 1. The zero-order valence-electron chi connectivity index (χ0n) is 13.7. The molecule has 0 amide bonds. The van der Waals surface area contributed by atoms with Crippen LogP contribution in [-0.2, 0) is 0 Å². The molecule has 118 valence electrons. The zero-order chi connectivity index (χ0) is 15.4. The second kappa shape index (κ2) is 7.40. The van der Waals surface area contributed by atoms with Gasteiger partial charge in [0.1, 0.15) is 5.75 Å². The van der Waals surface area contributed by atoms with E-state index < -0.39 is 0 Å². The molecule has 2 atom stereocenters. The first-order valence-electron chi connectivity index (χ1n) is 8.10. The van der Waals surface area contributed by atoms with E-state index in [9.17, 15) is 0 Å². The van der Waals surface area contributed by atoms with Crippen molar-refractivity contribution in [1.29, 1.82) is 0 Å². The predicted molar refractivity (Wildman–Crippen MR) is 91.6 cm³/mol. The lowest BCUT2D eigenvalue weighted by Crippen LogP contribution is -2.28. The lowest BCUT2D eigenvalue weighted by Gasteiger charge is -2.32. The summed E-state index contributed by atoms with van der Waals surface area (Å²) in [7, 11) is 1.70. The summed E-state index contributed by atoms with van der Waals surface area (Å²) in [6.07, 6.45) is 6.56. The summed E-state index contributed by atoms with van der Waals surface area (Å²) < 4.78 is 5.47. The number of anilines is 1. The first-order chi connectivity index (χ1) is 9.99. The zero-order valence-corrected chi connectivity index (χ0v) is 14.5. The highest BCUT2D eigenvalue weighted by atomic mass is 35.5. The summed E-state index contributed by atoms with van der Waals surface area (Å²) in [5.74, 6) is 2.49. The van der Waals surface area contributed by atoms with Gasteiger partial charge in [0.25, 0.3) is 0 Å². The average Bonchev–Trinajstić information content (AvgIpc) is 2.42. The van der Waals surface area contributed by atoms with Gasteiger partial charge in [-0.1, -0.05) is 38.3 Å². The normalized spacial score (nSPS) is 22.4. The van der Waals surface area contributed by atoms with Gasteiger partial charge in [0, 0.05) is 17.1 Å². The van der Waals surface area contributed by atoms with Gasteiger partial charge in [0.05, 0.1) is 12.8 Å². The van der Waals surface area contributed by atoms with Crippen molar-refractivity contribution in [2.45, 2.75) is 58.9 Å². The summed E-state index contributed by atoms with van der Waals surface area (Å²) >= 11 is 6.18. The van der Waals surface area contributed by atoms with E-state index >= 15 is 0 Å². The van der Waals surface area contributed by atoms with E-state index in [1.54, 1.807) is 7.11 Å². The molecule has 0 radical (unpaired) electrons. The molecule has 0 saturated heterocycles. The van der Waals surface area contributed by atoms with Crippen molar-refractivity contribution in [2.24, 2.45) is 11.8 Å². The third kappa shape index (κ3) is 4.54. The van der Waals surface area contributed by atoms with Gasteiger partial charge in [-0.05, 0) is 49.7 Å². The van der Waals surface area contributed by atoms with Gasteiger partial charge in [0.2, 0.25) is 0 Å². The quantitative estimate of drug-likeness (QED) is 0.756. The minimum Gasteiger partial charge on any atom is -0.495 e. The summed E-state index contributed by atoms with van der Waals surface area (Å²) in [5.41, 5.74) is 2.17. The number of nitrogens with one attached hydrogen (secondary N) is 1. The van der Waals surface area contributed by atoms with Gasteiger partial charge in [-0.15, -0.1) is 0 Å². The van der Waals surface area contributed by atoms with E-state index in [4.69, 9.17) is 16.3 Å². The molecule has 0 heterocycles. The van der Waals surface area contributed by atoms with Crippen LogP contribution in [0.1, 0.15) is 51.5 Å². The third-order valence-electron chi connectivity index (χ3n) is 4.43. The standard InChI is InChI=1S/C18H28ClNO/c1-12(2)8-14-6-5-7-15(10-14)20-17-9-13(3)16(19)11-18(17)21-4/h9,11-12,14-15,20H,5-8,10H2,1-4H3. The van der Waals surface area contributed by atoms with Gasteiger partial charge >= 0.3 is 0 Å². The Morgan fingerprint density at radius 3 is 2.76 bits per heavy atom. The van der Waals surface area contributed by atoms with E-state index in [-0.39, 0.29) is 0 Å². The summed E-state index contributed by atoms with van der Waals surface area (Å²) in [6, 6.07) is 4.57. The van der Waals surface area contributed by atoms with Crippen LogP contribution in [-0.4, -0.2) is 13.2 Å². The molecule has 2 nitrogen and oxygen atoms in total. The first kappa shape index (κ1) is 16.5. The Morgan fingerprint density at radius 1 is 1.33 bits per heavy atom. The van der Waals surface area contributed by atoms with Gasteiger partial charge in [0.15, 0.2) is 0 Å².